The van der Waals surface area contributed by atoms with E-state index in [4.69, 9.17) is 5.73 Å². The highest BCUT2D eigenvalue weighted by atomic mass is 32.2. The monoisotopic (exact) mass is 225 g/mol. The minimum absolute atomic E-state index is 0.172. The molecule has 4 heteroatoms. The van der Waals surface area contributed by atoms with E-state index >= 15 is 0 Å². The molecule has 3 nitrogen and oxygen atoms in total. The summed E-state index contributed by atoms with van der Waals surface area (Å²) in [5.41, 5.74) is 7.57. The average molecular weight is 225 g/mol. The summed E-state index contributed by atoms with van der Waals surface area (Å²) in [6.45, 7) is 1.97. The van der Waals surface area contributed by atoms with Crippen molar-refractivity contribution in [2.45, 2.75) is 18.2 Å². The van der Waals surface area contributed by atoms with E-state index in [0.29, 0.717) is 6.42 Å². The Morgan fingerprint density at radius 3 is 2.87 bits per heavy atom. The molecule has 82 valence electrons. The summed E-state index contributed by atoms with van der Waals surface area (Å²) in [5, 5.41) is 0. The van der Waals surface area contributed by atoms with Crippen LogP contribution in [-0.2, 0) is 9.53 Å². The van der Waals surface area contributed by atoms with Crippen LogP contribution in [-0.4, -0.2) is 18.8 Å². The SMILES string of the molecule is COC(=O)CCSc1ccc(N)c(C)c1. The highest BCUT2D eigenvalue weighted by molar-refractivity contribution is 7.99. The van der Waals surface area contributed by atoms with Gasteiger partial charge in [-0.25, -0.2) is 0 Å². The minimum Gasteiger partial charge on any atom is -0.469 e. The molecule has 0 atom stereocenters. The molecule has 0 saturated carbocycles. The number of hydrogen-bond donors (Lipinski definition) is 1. The van der Waals surface area contributed by atoms with Crippen molar-refractivity contribution in [3.05, 3.63) is 23.8 Å². The molecule has 0 spiro atoms. The van der Waals surface area contributed by atoms with E-state index in [-0.39, 0.29) is 5.97 Å². The number of thioether (sulfide) groups is 1. The Kier molecular flexibility index (Phi) is 4.49. The zero-order valence-electron chi connectivity index (χ0n) is 8.95. The molecule has 0 saturated heterocycles. The van der Waals surface area contributed by atoms with Crippen molar-refractivity contribution >= 4 is 23.4 Å². The van der Waals surface area contributed by atoms with Crippen molar-refractivity contribution in [1.82, 2.24) is 0 Å². The van der Waals surface area contributed by atoms with Gasteiger partial charge in [-0.15, -0.1) is 11.8 Å². The third-order valence-electron chi connectivity index (χ3n) is 2.04. The fourth-order valence-corrected chi connectivity index (χ4v) is 2.02. The Morgan fingerprint density at radius 2 is 2.27 bits per heavy atom. The fourth-order valence-electron chi connectivity index (χ4n) is 1.09. The summed E-state index contributed by atoms with van der Waals surface area (Å²) >= 11 is 1.63. The smallest absolute Gasteiger partial charge is 0.306 e. The number of methoxy groups -OCH3 is 1. The highest BCUT2D eigenvalue weighted by Gasteiger charge is 2.01. The highest BCUT2D eigenvalue weighted by Crippen LogP contribution is 2.22. The molecule has 0 aliphatic rings. The Balaban J connectivity index is 2.44. The van der Waals surface area contributed by atoms with Crippen molar-refractivity contribution in [2.24, 2.45) is 0 Å². The van der Waals surface area contributed by atoms with E-state index in [2.05, 4.69) is 4.74 Å². The summed E-state index contributed by atoms with van der Waals surface area (Å²) in [7, 11) is 1.40. The van der Waals surface area contributed by atoms with E-state index in [1.807, 2.05) is 25.1 Å². The number of carbonyl (C=O) groups excluding carboxylic acids is 1. The topological polar surface area (TPSA) is 52.3 Å². The van der Waals surface area contributed by atoms with Crippen molar-refractivity contribution < 1.29 is 9.53 Å². The first-order chi connectivity index (χ1) is 7.13. The van der Waals surface area contributed by atoms with Crippen LogP contribution in [0, 0.1) is 6.92 Å². The molecular formula is C11H15NO2S. The van der Waals surface area contributed by atoms with Gasteiger partial charge in [0.2, 0.25) is 0 Å². The normalized spacial score (nSPS) is 10.0. The molecule has 0 bridgehead atoms. The number of hydrogen-bond acceptors (Lipinski definition) is 4. The lowest BCUT2D eigenvalue weighted by Gasteiger charge is -2.04. The Labute approximate surface area is 94.0 Å². The average Bonchev–Trinajstić information content (AvgIpc) is 2.23. The van der Waals surface area contributed by atoms with Gasteiger partial charge in [-0.05, 0) is 30.7 Å². The number of benzene rings is 1. The zero-order chi connectivity index (χ0) is 11.3. The second-order valence-electron chi connectivity index (χ2n) is 3.19. The predicted octanol–water partition coefficient (Wildman–Crippen LogP) is 2.23. The van der Waals surface area contributed by atoms with Gasteiger partial charge in [0.25, 0.3) is 0 Å². The van der Waals surface area contributed by atoms with Crippen molar-refractivity contribution in [3.8, 4) is 0 Å². The molecular weight excluding hydrogens is 210 g/mol. The molecule has 0 aliphatic heterocycles. The van der Waals surface area contributed by atoms with Gasteiger partial charge in [0.1, 0.15) is 0 Å². The van der Waals surface area contributed by atoms with Crippen LogP contribution in [0.3, 0.4) is 0 Å². The van der Waals surface area contributed by atoms with Gasteiger partial charge in [-0.3, -0.25) is 4.79 Å². The quantitative estimate of drug-likeness (QED) is 0.485. The van der Waals surface area contributed by atoms with E-state index in [0.717, 1.165) is 21.9 Å². The summed E-state index contributed by atoms with van der Waals surface area (Å²) in [5.74, 6) is 0.561. The van der Waals surface area contributed by atoms with Crippen molar-refractivity contribution in [1.29, 1.82) is 0 Å². The predicted molar refractivity (Wildman–Crippen MR) is 62.9 cm³/mol. The number of ether oxygens (including phenoxy) is 1. The first-order valence-electron chi connectivity index (χ1n) is 4.69. The van der Waals surface area contributed by atoms with E-state index < -0.39 is 0 Å². The second-order valence-corrected chi connectivity index (χ2v) is 4.36. The first kappa shape index (κ1) is 11.9. The number of anilines is 1. The Hall–Kier alpha value is -1.16. The van der Waals surface area contributed by atoms with E-state index in [9.17, 15) is 4.79 Å². The third kappa shape index (κ3) is 3.83. The third-order valence-corrected chi connectivity index (χ3v) is 3.04. The lowest BCUT2D eigenvalue weighted by atomic mass is 10.2. The van der Waals surface area contributed by atoms with Gasteiger partial charge in [-0.2, -0.15) is 0 Å². The maximum atomic E-state index is 10.9. The van der Waals surface area contributed by atoms with Crippen LogP contribution in [0.2, 0.25) is 0 Å². The number of rotatable bonds is 4. The van der Waals surface area contributed by atoms with Crippen LogP contribution in [0.1, 0.15) is 12.0 Å². The standard InChI is InChI=1S/C11H15NO2S/c1-8-7-9(3-4-10(8)12)15-6-5-11(13)14-2/h3-4,7H,5-6,12H2,1-2H3. The van der Waals surface area contributed by atoms with Crippen molar-refractivity contribution in [3.63, 3.8) is 0 Å². The zero-order valence-corrected chi connectivity index (χ0v) is 9.76. The lowest BCUT2D eigenvalue weighted by molar-refractivity contribution is -0.140. The maximum absolute atomic E-state index is 10.9. The van der Waals surface area contributed by atoms with Gasteiger partial charge >= 0.3 is 5.97 Å². The lowest BCUT2D eigenvalue weighted by Crippen LogP contribution is -2.00. The fraction of sp³-hybridized carbons (Fsp3) is 0.364. The van der Waals surface area contributed by atoms with Gasteiger partial charge in [0.05, 0.1) is 13.5 Å². The largest absolute Gasteiger partial charge is 0.469 e. The molecule has 15 heavy (non-hydrogen) atoms. The molecule has 1 aromatic carbocycles. The van der Waals surface area contributed by atoms with Crippen LogP contribution < -0.4 is 5.73 Å². The molecule has 0 aliphatic carbocycles. The summed E-state index contributed by atoms with van der Waals surface area (Å²) in [6, 6.07) is 5.87. The summed E-state index contributed by atoms with van der Waals surface area (Å²) in [4.78, 5) is 12.0. The molecule has 0 heterocycles. The van der Waals surface area contributed by atoms with Crippen LogP contribution in [0.4, 0.5) is 5.69 Å². The second kappa shape index (κ2) is 5.66. The van der Waals surface area contributed by atoms with Gasteiger partial charge in [0, 0.05) is 16.3 Å². The molecule has 0 aromatic heterocycles. The van der Waals surface area contributed by atoms with E-state index in [1.54, 1.807) is 11.8 Å². The number of aryl methyl sites for hydroxylation is 1. The van der Waals surface area contributed by atoms with Crippen LogP contribution in [0.5, 0.6) is 0 Å². The Morgan fingerprint density at radius 1 is 1.53 bits per heavy atom. The van der Waals surface area contributed by atoms with Gasteiger partial charge in [0.15, 0.2) is 0 Å². The molecule has 2 N–H and O–H groups in total. The molecule has 0 fully saturated rings. The maximum Gasteiger partial charge on any atom is 0.306 e. The number of carbonyl (C=O) groups is 1. The number of nitrogens with two attached hydrogens (primary N) is 1. The molecule has 1 rings (SSSR count). The van der Waals surface area contributed by atoms with Crippen LogP contribution >= 0.6 is 11.8 Å². The molecule has 0 radical (unpaired) electrons. The first-order valence-corrected chi connectivity index (χ1v) is 5.68. The van der Waals surface area contributed by atoms with Crippen LogP contribution in [0.25, 0.3) is 0 Å². The van der Waals surface area contributed by atoms with E-state index in [1.165, 1.54) is 7.11 Å². The Bertz CT molecular complexity index is 352. The summed E-state index contributed by atoms with van der Waals surface area (Å²) < 4.78 is 4.56. The summed E-state index contributed by atoms with van der Waals surface area (Å²) in [6.07, 6.45) is 0.435. The minimum atomic E-state index is -0.172. The van der Waals surface area contributed by atoms with Gasteiger partial charge in [-0.1, -0.05) is 0 Å². The van der Waals surface area contributed by atoms with Gasteiger partial charge < -0.3 is 10.5 Å². The molecule has 1 aromatic rings. The number of nitrogen functional groups attached to an aromatic ring is 1. The van der Waals surface area contributed by atoms with Crippen molar-refractivity contribution in [2.75, 3.05) is 18.6 Å². The van der Waals surface area contributed by atoms with Crippen LogP contribution in [0.15, 0.2) is 23.1 Å². The molecule has 0 unspecified atom stereocenters. The number of esters is 1. The molecule has 0 amide bonds.